The molecule has 0 aliphatic heterocycles. The smallest absolute Gasteiger partial charge is 0.242 e. The molecule has 0 atom stereocenters. The van der Waals surface area contributed by atoms with Crippen molar-refractivity contribution in [2.75, 3.05) is 14.1 Å². The van der Waals surface area contributed by atoms with Gasteiger partial charge in [0.25, 0.3) is 0 Å². The van der Waals surface area contributed by atoms with E-state index >= 15 is 0 Å². The number of hydrogen-bond donors (Lipinski definition) is 1. The molecule has 0 bridgehead atoms. The van der Waals surface area contributed by atoms with E-state index < -0.39 is 10.0 Å². The van der Waals surface area contributed by atoms with Crippen LogP contribution in [0.15, 0.2) is 70.9 Å². The monoisotopic (exact) mass is 382 g/mol. The summed E-state index contributed by atoms with van der Waals surface area (Å²) in [6.07, 6.45) is 0. The molecule has 4 aromatic rings. The molecule has 0 saturated carbocycles. The van der Waals surface area contributed by atoms with Crippen LogP contribution >= 0.6 is 11.3 Å². The van der Waals surface area contributed by atoms with Crippen molar-refractivity contribution in [3.05, 3.63) is 66.0 Å². The number of sulfonamides is 1. The molecule has 2 aromatic heterocycles. The zero-order valence-electron chi connectivity index (χ0n) is 14.4. The molecule has 0 fully saturated rings. The molecule has 0 radical (unpaired) electrons. The second-order valence-electron chi connectivity index (χ2n) is 6.24. The topological polar surface area (TPSA) is 53.2 Å². The summed E-state index contributed by atoms with van der Waals surface area (Å²) >= 11 is 1.64. The lowest BCUT2D eigenvalue weighted by molar-refractivity contribution is 0.521. The fourth-order valence-electron chi connectivity index (χ4n) is 2.98. The summed E-state index contributed by atoms with van der Waals surface area (Å²) in [5.41, 5.74) is 3.83. The highest BCUT2D eigenvalue weighted by Gasteiger charge is 2.20. The number of rotatable bonds is 4. The number of benzene rings is 2. The van der Waals surface area contributed by atoms with Crippen molar-refractivity contribution in [1.82, 2.24) is 9.29 Å². The minimum Gasteiger partial charge on any atom is -0.355 e. The first-order valence-electron chi connectivity index (χ1n) is 8.15. The van der Waals surface area contributed by atoms with E-state index in [1.807, 2.05) is 47.8 Å². The number of thiophene rings is 1. The van der Waals surface area contributed by atoms with Gasteiger partial charge >= 0.3 is 0 Å². The lowest BCUT2D eigenvalue weighted by Crippen LogP contribution is -2.22. The van der Waals surface area contributed by atoms with Gasteiger partial charge in [0.1, 0.15) is 0 Å². The van der Waals surface area contributed by atoms with E-state index in [0.29, 0.717) is 0 Å². The van der Waals surface area contributed by atoms with Crippen LogP contribution in [0, 0.1) is 0 Å². The lowest BCUT2D eigenvalue weighted by atomic mass is 10.0. The number of hydrogen-bond acceptors (Lipinski definition) is 3. The minimum absolute atomic E-state index is 0.288. The molecule has 26 heavy (non-hydrogen) atoms. The van der Waals surface area contributed by atoms with Crippen molar-refractivity contribution >= 4 is 32.3 Å². The Morgan fingerprint density at radius 2 is 1.73 bits per heavy atom. The summed E-state index contributed by atoms with van der Waals surface area (Å²) in [7, 11) is -0.407. The molecular weight excluding hydrogens is 364 g/mol. The molecule has 0 amide bonds. The molecule has 0 unspecified atom stereocenters. The van der Waals surface area contributed by atoms with Gasteiger partial charge in [-0.1, -0.05) is 30.3 Å². The Labute approximate surface area is 156 Å². The molecule has 4 nitrogen and oxygen atoms in total. The summed E-state index contributed by atoms with van der Waals surface area (Å²) in [5, 5.41) is 3.12. The molecule has 0 aliphatic carbocycles. The van der Waals surface area contributed by atoms with E-state index in [1.54, 1.807) is 37.6 Å². The predicted molar refractivity (Wildman–Crippen MR) is 108 cm³/mol. The third-order valence-electron chi connectivity index (χ3n) is 4.38. The molecule has 2 heterocycles. The summed E-state index contributed by atoms with van der Waals surface area (Å²) in [6.45, 7) is 0. The summed E-state index contributed by atoms with van der Waals surface area (Å²) in [4.78, 5) is 4.81. The Morgan fingerprint density at radius 1 is 0.923 bits per heavy atom. The van der Waals surface area contributed by atoms with Crippen LogP contribution < -0.4 is 0 Å². The van der Waals surface area contributed by atoms with Crippen molar-refractivity contribution < 1.29 is 8.42 Å². The highest BCUT2D eigenvalue weighted by atomic mass is 32.2. The Bertz CT molecular complexity index is 1140. The van der Waals surface area contributed by atoms with Gasteiger partial charge in [-0.3, -0.25) is 0 Å². The number of fused-ring (bicyclic) bond motifs is 1. The van der Waals surface area contributed by atoms with E-state index in [4.69, 9.17) is 0 Å². The number of nitrogens with one attached hydrogen (secondary N) is 1. The van der Waals surface area contributed by atoms with Crippen molar-refractivity contribution in [1.29, 1.82) is 0 Å². The molecule has 1 N–H and O–H groups in total. The van der Waals surface area contributed by atoms with Gasteiger partial charge in [0, 0.05) is 46.7 Å². The van der Waals surface area contributed by atoms with Gasteiger partial charge in [-0.2, -0.15) is 0 Å². The molecule has 132 valence electrons. The number of aromatic amines is 1. The van der Waals surface area contributed by atoms with Gasteiger partial charge in [-0.25, -0.2) is 12.7 Å². The van der Waals surface area contributed by atoms with Crippen molar-refractivity contribution in [3.8, 4) is 21.7 Å². The fraction of sp³-hybridized carbons (Fsp3) is 0.100. The third-order valence-corrected chi connectivity index (χ3v) is 7.09. The van der Waals surface area contributed by atoms with Gasteiger partial charge in [-0.05, 0) is 35.7 Å². The van der Waals surface area contributed by atoms with Crippen molar-refractivity contribution in [2.24, 2.45) is 0 Å². The van der Waals surface area contributed by atoms with Crippen LogP contribution in [0.5, 0.6) is 0 Å². The van der Waals surface area contributed by atoms with Crippen molar-refractivity contribution in [3.63, 3.8) is 0 Å². The van der Waals surface area contributed by atoms with Gasteiger partial charge in [0.2, 0.25) is 10.0 Å². The average molecular weight is 383 g/mol. The summed E-state index contributed by atoms with van der Waals surface area (Å²) in [5.74, 6) is 0. The Balaban J connectivity index is 1.97. The second-order valence-corrected chi connectivity index (χ2v) is 9.34. The van der Waals surface area contributed by atoms with Crippen LogP contribution in [-0.2, 0) is 10.0 Å². The molecule has 6 heteroatoms. The van der Waals surface area contributed by atoms with E-state index in [1.165, 1.54) is 4.31 Å². The van der Waals surface area contributed by atoms with Crippen LogP contribution in [0.3, 0.4) is 0 Å². The predicted octanol–water partition coefficient (Wildman–Crippen LogP) is 4.81. The van der Waals surface area contributed by atoms with E-state index in [9.17, 15) is 8.42 Å². The molecular formula is C20H18N2O2S2. The van der Waals surface area contributed by atoms with Gasteiger partial charge in [0.05, 0.1) is 4.90 Å². The largest absolute Gasteiger partial charge is 0.355 e. The van der Waals surface area contributed by atoms with Gasteiger partial charge in [0.15, 0.2) is 0 Å². The third kappa shape index (κ3) is 2.86. The maximum atomic E-state index is 12.6. The first kappa shape index (κ1) is 17.0. The fourth-order valence-corrected chi connectivity index (χ4v) is 4.68. The van der Waals surface area contributed by atoms with Crippen LogP contribution in [0.25, 0.3) is 32.6 Å². The van der Waals surface area contributed by atoms with Gasteiger partial charge in [-0.15, -0.1) is 11.3 Å². The lowest BCUT2D eigenvalue weighted by Gasteiger charge is -2.14. The number of para-hydroxylation sites is 1. The standard InChI is InChI=1S/C20H18N2O2S2/c1-22(2)26(23,24)15-9-10-16(20-8-5-11-25-20)17(13-15)19-12-14-6-3-4-7-18(14)21-19/h3-13,21H,1-2H3. The minimum atomic E-state index is -3.50. The first-order chi connectivity index (χ1) is 12.5. The summed E-state index contributed by atoms with van der Waals surface area (Å²) in [6, 6.07) is 19.5. The zero-order chi connectivity index (χ0) is 18.3. The van der Waals surface area contributed by atoms with E-state index in [-0.39, 0.29) is 4.90 Å². The Kier molecular flexibility index (Phi) is 4.19. The zero-order valence-corrected chi connectivity index (χ0v) is 16.1. The number of H-pyrrole nitrogens is 1. The maximum Gasteiger partial charge on any atom is 0.242 e. The van der Waals surface area contributed by atoms with Crippen molar-refractivity contribution in [2.45, 2.75) is 4.90 Å². The molecule has 2 aromatic carbocycles. The van der Waals surface area contributed by atoms with Crippen LogP contribution in [-0.4, -0.2) is 31.8 Å². The Morgan fingerprint density at radius 3 is 2.42 bits per heavy atom. The highest BCUT2D eigenvalue weighted by Crippen LogP contribution is 2.37. The highest BCUT2D eigenvalue weighted by molar-refractivity contribution is 7.89. The number of aromatic nitrogens is 1. The molecule has 0 saturated heterocycles. The molecule has 4 rings (SSSR count). The van der Waals surface area contributed by atoms with E-state index in [2.05, 4.69) is 11.1 Å². The van der Waals surface area contributed by atoms with Gasteiger partial charge < -0.3 is 4.98 Å². The SMILES string of the molecule is CN(C)S(=O)(=O)c1ccc(-c2cccs2)c(-c2cc3ccccc3[nH]2)c1. The normalized spacial score (nSPS) is 12.1. The quantitative estimate of drug-likeness (QED) is 0.550. The van der Waals surface area contributed by atoms with Crippen LogP contribution in [0.2, 0.25) is 0 Å². The van der Waals surface area contributed by atoms with Crippen LogP contribution in [0.4, 0.5) is 0 Å². The first-order valence-corrected chi connectivity index (χ1v) is 10.5. The summed E-state index contributed by atoms with van der Waals surface area (Å²) < 4.78 is 26.4. The van der Waals surface area contributed by atoms with Crippen LogP contribution in [0.1, 0.15) is 0 Å². The molecule has 0 spiro atoms. The number of nitrogens with zero attached hydrogens (tertiary/aromatic N) is 1. The van der Waals surface area contributed by atoms with E-state index in [0.717, 1.165) is 32.6 Å². The Hall–Kier alpha value is -2.41. The maximum absolute atomic E-state index is 12.6. The molecule has 0 aliphatic rings. The second kappa shape index (κ2) is 6.39. The average Bonchev–Trinajstić information content (AvgIpc) is 3.30.